The Morgan fingerprint density at radius 3 is 2.75 bits per heavy atom. The van der Waals surface area contributed by atoms with Crippen LogP contribution in [0.25, 0.3) is 0 Å². The number of hydrogen-bond donors (Lipinski definition) is 0. The van der Waals surface area contributed by atoms with Crippen molar-refractivity contribution in [2.45, 2.75) is 6.92 Å². The molecule has 12 heavy (non-hydrogen) atoms. The molecule has 1 aliphatic rings. The maximum Gasteiger partial charge on any atom is 0.113 e. The highest BCUT2D eigenvalue weighted by Gasteiger charge is 2.08. The summed E-state index contributed by atoms with van der Waals surface area (Å²) in [5.74, 6) is 0. The minimum Gasteiger partial charge on any atom is -0.255 e. The van der Waals surface area contributed by atoms with Crippen molar-refractivity contribution in [1.29, 1.82) is 0 Å². The Balaban J connectivity index is 2.34. The van der Waals surface area contributed by atoms with Crippen LogP contribution in [0, 0.1) is 0 Å². The number of rotatable bonds is 1. The van der Waals surface area contributed by atoms with E-state index >= 15 is 0 Å². The zero-order chi connectivity index (χ0) is 8.39. The molecule has 0 N–H and O–H groups in total. The summed E-state index contributed by atoms with van der Waals surface area (Å²) >= 11 is 0. The fourth-order valence-corrected chi connectivity index (χ4v) is 1.03. The first-order valence-corrected chi connectivity index (χ1v) is 3.75. The number of pyridine rings is 1. The van der Waals surface area contributed by atoms with Gasteiger partial charge in [0.25, 0.3) is 0 Å². The van der Waals surface area contributed by atoms with Crippen molar-refractivity contribution in [3.63, 3.8) is 0 Å². The first kappa shape index (κ1) is 7.03. The van der Waals surface area contributed by atoms with Gasteiger partial charge in [-0.25, -0.2) is 0 Å². The van der Waals surface area contributed by atoms with E-state index < -0.39 is 0 Å². The van der Waals surface area contributed by atoms with E-state index in [4.69, 9.17) is 0 Å². The molecule has 0 amide bonds. The molecule has 0 bridgehead atoms. The van der Waals surface area contributed by atoms with Crippen LogP contribution in [0.4, 0.5) is 0 Å². The number of aromatic nitrogens is 1. The highest BCUT2D eigenvalue weighted by molar-refractivity contribution is 6.08. The molecule has 0 aromatic carbocycles. The third kappa shape index (κ3) is 1.21. The van der Waals surface area contributed by atoms with Crippen LogP contribution in [-0.4, -0.2) is 10.7 Å². The molecule has 0 spiro atoms. The van der Waals surface area contributed by atoms with E-state index in [1.165, 1.54) is 0 Å². The molecule has 59 valence electrons. The van der Waals surface area contributed by atoms with Gasteiger partial charge >= 0.3 is 0 Å². The molecule has 0 aliphatic carbocycles. The maximum atomic E-state index is 4.16. The molecule has 2 rings (SSSR count). The lowest BCUT2D eigenvalue weighted by atomic mass is 10.2. The summed E-state index contributed by atoms with van der Waals surface area (Å²) in [5.41, 5.74) is 6.54. The highest BCUT2D eigenvalue weighted by Crippen LogP contribution is 2.06. The summed E-state index contributed by atoms with van der Waals surface area (Å²) in [4.78, 5) is 4.16. The van der Waals surface area contributed by atoms with Gasteiger partial charge in [-0.15, -0.1) is 5.10 Å². The first-order chi connectivity index (χ1) is 5.86. The summed E-state index contributed by atoms with van der Waals surface area (Å²) in [7, 11) is 0. The van der Waals surface area contributed by atoms with Crippen molar-refractivity contribution < 1.29 is 0 Å². The van der Waals surface area contributed by atoms with Crippen molar-refractivity contribution in [2.75, 3.05) is 0 Å². The average Bonchev–Trinajstić information content (AvgIpc) is 2.54. The Labute approximate surface area is 70.8 Å². The van der Waals surface area contributed by atoms with Gasteiger partial charge in [-0.3, -0.25) is 4.98 Å². The van der Waals surface area contributed by atoms with Crippen LogP contribution in [0.5, 0.6) is 0 Å². The molecule has 1 radical (unpaired) electrons. The number of allylic oxidation sites excluding steroid dienone is 2. The normalized spacial score (nSPS) is 15.1. The molecule has 3 nitrogen and oxygen atoms in total. The van der Waals surface area contributed by atoms with Crippen molar-refractivity contribution in [3.8, 4) is 0 Å². The van der Waals surface area contributed by atoms with Crippen LogP contribution < -0.4 is 5.43 Å². The van der Waals surface area contributed by atoms with Gasteiger partial charge in [0.05, 0.1) is 11.4 Å². The van der Waals surface area contributed by atoms with Gasteiger partial charge in [-0.05, 0) is 25.1 Å². The lowest BCUT2D eigenvalue weighted by Gasteiger charge is -1.92. The summed E-state index contributed by atoms with van der Waals surface area (Å²) in [6, 6.07) is 5.74. The van der Waals surface area contributed by atoms with Crippen molar-refractivity contribution >= 4 is 5.71 Å². The van der Waals surface area contributed by atoms with Crippen LogP contribution in [0.1, 0.15) is 12.6 Å². The van der Waals surface area contributed by atoms with E-state index in [2.05, 4.69) is 15.5 Å². The Morgan fingerprint density at radius 2 is 2.17 bits per heavy atom. The Morgan fingerprint density at radius 1 is 1.25 bits per heavy atom. The molecule has 0 atom stereocenters. The van der Waals surface area contributed by atoms with Gasteiger partial charge in [0.15, 0.2) is 0 Å². The van der Waals surface area contributed by atoms with E-state index in [1.54, 1.807) is 6.20 Å². The molecule has 2 heterocycles. The maximum absolute atomic E-state index is 4.16. The van der Waals surface area contributed by atoms with E-state index in [9.17, 15) is 0 Å². The Kier molecular flexibility index (Phi) is 1.63. The molecule has 1 aliphatic heterocycles. The zero-order valence-corrected chi connectivity index (χ0v) is 6.73. The molecule has 1 aromatic rings. The second kappa shape index (κ2) is 2.77. The molecule has 0 unspecified atom stereocenters. The molecular formula is C9H8N3. The fourth-order valence-electron chi connectivity index (χ4n) is 1.03. The van der Waals surface area contributed by atoms with E-state index in [0.717, 1.165) is 17.1 Å². The van der Waals surface area contributed by atoms with Crippen molar-refractivity contribution in [2.24, 2.45) is 5.10 Å². The molecule has 0 saturated heterocycles. The minimum atomic E-state index is 0.841. The molecule has 0 saturated carbocycles. The van der Waals surface area contributed by atoms with Crippen LogP contribution in [0.2, 0.25) is 0 Å². The molecule has 1 aromatic heterocycles. The highest BCUT2D eigenvalue weighted by atomic mass is 15.3. The predicted octanol–water partition coefficient (Wildman–Crippen LogP) is 1.31. The standard InChI is InChI=1S/C9H8N3/c1-7-6-9(12-11-7)8-4-2-3-5-10-8/h2-6H,1H3. The Hall–Kier alpha value is -1.64. The largest absolute Gasteiger partial charge is 0.255 e. The van der Waals surface area contributed by atoms with Crippen LogP contribution >= 0.6 is 0 Å². The number of nitrogens with zero attached hydrogens (tertiary/aromatic N) is 3. The topological polar surface area (TPSA) is 39.4 Å². The number of hydrogen-bond acceptors (Lipinski definition) is 2. The molecule has 0 fully saturated rings. The third-order valence-corrected chi connectivity index (χ3v) is 1.59. The van der Waals surface area contributed by atoms with E-state index in [-0.39, 0.29) is 0 Å². The van der Waals surface area contributed by atoms with Gasteiger partial charge in [0.2, 0.25) is 0 Å². The minimum absolute atomic E-state index is 0.841. The molecular weight excluding hydrogens is 150 g/mol. The van der Waals surface area contributed by atoms with Crippen LogP contribution in [0.15, 0.2) is 41.3 Å². The van der Waals surface area contributed by atoms with Crippen LogP contribution in [0.3, 0.4) is 0 Å². The monoisotopic (exact) mass is 158 g/mol. The third-order valence-electron chi connectivity index (χ3n) is 1.59. The SMILES string of the molecule is CC1=CC(c2ccccn2)=N[N]1. The Bertz CT molecular complexity index is 338. The lowest BCUT2D eigenvalue weighted by Crippen LogP contribution is -1.96. The van der Waals surface area contributed by atoms with E-state index in [1.807, 2.05) is 31.2 Å². The smallest absolute Gasteiger partial charge is 0.113 e. The van der Waals surface area contributed by atoms with E-state index in [0.29, 0.717) is 0 Å². The summed E-state index contributed by atoms with van der Waals surface area (Å²) in [6.07, 6.45) is 3.67. The second-order valence-corrected chi connectivity index (χ2v) is 2.59. The van der Waals surface area contributed by atoms with Crippen molar-refractivity contribution in [3.05, 3.63) is 41.9 Å². The van der Waals surface area contributed by atoms with Gasteiger partial charge in [-0.2, -0.15) is 5.43 Å². The molecule has 3 heteroatoms. The van der Waals surface area contributed by atoms with Gasteiger partial charge in [0, 0.05) is 6.20 Å². The fraction of sp³-hybridized carbons (Fsp3) is 0.111. The van der Waals surface area contributed by atoms with Crippen molar-refractivity contribution in [1.82, 2.24) is 10.4 Å². The quantitative estimate of drug-likeness (QED) is 0.607. The lowest BCUT2D eigenvalue weighted by molar-refractivity contribution is 0.894. The summed E-state index contributed by atoms with van der Waals surface area (Å²) in [5, 5.41) is 3.97. The zero-order valence-electron chi connectivity index (χ0n) is 6.73. The predicted molar refractivity (Wildman–Crippen MR) is 46.7 cm³/mol. The van der Waals surface area contributed by atoms with Gasteiger partial charge in [0.1, 0.15) is 5.71 Å². The second-order valence-electron chi connectivity index (χ2n) is 2.59. The summed E-state index contributed by atoms with van der Waals surface area (Å²) in [6.45, 7) is 1.92. The average molecular weight is 158 g/mol. The van der Waals surface area contributed by atoms with Crippen LogP contribution in [-0.2, 0) is 0 Å². The van der Waals surface area contributed by atoms with Gasteiger partial charge in [-0.1, -0.05) is 6.07 Å². The first-order valence-electron chi connectivity index (χ1n) is 3.75. The van der Waals surface area contributed by atoms with Gasteiger partial charge < -0.3 is 0 Å². The summed E-state index contributed by atoms with van der Waals surface area (Å²) < 4.78 is 0.